The van der Waals surface area contributed by atoms with E-state index in [1.807, 2.05) is 0 Å². The topological polar surface area (TPSA) is 81.7 Å². The molecule has 3 rings (SSSR count). The van der Waals surface area contributed by atoms with Crippen LogP contribution >= 0.6 is 11.6 Å². The molecule has 0 unspecified atom stereocenters. The molecule has 0 aliphatic heterocycles. The van der Waals surface area contributed by atoms with Gasteiger partial charge in [0, 0.05) is 16.0 Å². The van der Waals surface area contributed by atoms with Crippen LogP contribution in [0, 0.1) is 6.92 Å². The zero-order valence-electron chi connectivity index (χ0n) is 12.8. The Labute approximate surface area is 142 Å². The maximum Gasteiger partial charge on any atom is 0.375 e. The highest BCUT2D eigenvalue weighted by atomic mass is 35.5. The van der Waals surface area contributed by atoms with E-state index in [1.54, 1.807) is 37.3 Å². The van der Waals surface area contributed by atoms with Crippen molar-refractivity contribution in [1.82, 2.24) is 5.32 Å². The average molecular weight is 348 g/mol. The van der Waals surface area contributed by atoms with E-state index in [1.165, 1.54) is 6.26 Å². The van der Waals surface area contributed by atoms with Crippen molar-refractivity contribution in [2.24, 2.45) is 0 Å². The van der Waals surface area contributed by atoms with E-state index in [9.17, 15) is 9.59 Å². The Bertz CT molecular complexity index is 882. The van der Waals surface area contributed by atoms with Crippen molar-refractivity contribution in [3.05, 3.63) is 58.7 Å². The van der Waals surface area contributed by atoms with Crippen molar-refractivity contribution in [1.29, 1.82) is 0 Å². The number of aryl methyl sites for hydroxylation is 1. The Morgan fingerprint density at radius 2 is 2.12 bits per heavy atom. The van der Waals surface area contributed by atoms with Gasteiger partial charge in [-0.1, -0.05) is 11.6 Å². The van der Waals surface area contributed by atoms with Crippen LogP contribution in [0.3, 0.4) is 0 Å². The molecule has 24 heavy (non-hydrogen) atoms. The molecule has 1 aromatic carbocycles. The first-order chi connectivity index (χ1) is 11.5. The summed E-state index contributed by atoms with van der Waals surface area (Å²) in [5.41, 5.74) is 1.15. The third-order valence-corrected chi connectivity index (χ3v) is 3.69. The Morgan fingerprint density at radius 3 is 2.88 bits per heavy atom. The number of amides is 1. The number of halogens is 1. The minimum Gasteiger partial charge on any atom is -0.467 e. The summed E-state index contributed by atoms with van der Waals surface area (Å²) in [5.74, 6) is -0.463. The smallest absolute Gasteiger partial charge is 0.375 e. The van der Waals surface area contributed by atoms with Gasteiger partial charge in [0.2, 0.25) is 5.76 Å². The quantitative estimate of drug-likeness (QED) is 0.715. The van der Waals surface area contributed by atoms with E-state index in [-0.39, 0.29) is 12.3 Å². The molecule has 0 aliphatic rings. The fraction of sp³-hybridized carbons (Fsp3) is 0.176. The molecule has 2 heterocycles. The minimum absolute atomic E-state index is 0.0612. The van der Waals surface area contributed by atoms with E-state index in [0.29, 0.717) is 21.9 Å². The summed E-state index contributed by atoms with van der Waals surface area (Å²) < 4.78 is 15.6. The third-order valence-electron chi connectivity index (χ3n) is 3.46. The number of hydrogen-bond donors (Lipinski definition) is 1. The molecule has 0 bridgehead atoms. The van der Waals surface area contributed by atoms with Crippen LogP contribution in [0.2, 0.25) is 5.02 Å². The Hall–Kier alpha value is -2.73. The first kappa shape index (κ1) is 16.1. The number of carbonyl (C=O) groups is 2. The van der Waals surface area contributed by atoms with Crippen molar-refractivity contribution < 1.29 is 23.2 Å². The van der Waals surface area contributed by atoms with Crippen molar-refractivity contribution in [2.75, 3.05) is 6.61 Å². The number of nitrogens with one attached hydrogen (secondary N) is 1. The molecular weight excluding hydrogens is 334 g/mol. The number of ether oxygens (including phenoxy) is 1. The fourth-order valence-electron chi connectivity index (χ4n) is 2.23. The van der Waals surface area contributed by atoms with Crippen LogP contribution in [0.5, 0.6) is 0 Å². The van der Waals surface area contributed by atoms with Crippen LogP contribution in [0.15, 0.2) is 45.4 Å². The fourth-order valence-corrected chi connectivity index (χ4v) is 2.41. The van der Waals surface area contributed by atoms with E-state index in [4.69, 9.17) is 25.2 Å². The summed E-state index contributed by atoms with van der Waals surface area (Å²) in [5, 5.41) is 3.86. The highest BCUT2D eigenvalue weighted by Gasteiger charge is 2.20. The van der Waals surface area contributed by atoms with Gasteiger partial charge in [-0.05, 0) is 37.3 Å². The molecule has 0 spiro atoms. The zero-order chi connectivity index (χ0) is 17.1. The summed E-state index contributed by atoms with van der Waals surface area (Å²) in [7, 11) is 0. The number of hydrogen-bond acceptors (Lipinski definition) is 5. The molecule has 0 atom stereocenters. The second-order valence-electron chi connectivity index (χ2n) is 5.13. The molecule has 1 amide bonds. The summed E-state index contributed by atoms with van der Waals surface area (Å²) >= 11 is 5.94. The lowest BCUT2D eigenvalue weighted by Crippen LogP contribution is -2.28. The number of esters is 1. The van der Waals surface area contributed by atoms with Gasteiger partial charge in [0.1, 0.15) is 11.3 Å². The Balaban J connectivity index is 1.60. The molecule has 1 N–H and O–H groups in total. The molecule has 6 nitrogen and oxygen atoms in total. The highest BCUT2D eigenvalue weighted by Crippen LogP contribution is 2.28. The number of rotatable bonds is 5. The molecule has 2 aromatic heterocycles. The van der Waals surface area contributed by atoms with Crippen LogP contribution in [0.1, 0.15) is 21.9 Å². The van der Waals surface area contributed by atoms with Crippen molar-refractivity contribution >= 4 is 34.4 Å². The zero-order valence-corrected chi connectivity index (χ0v) is 13.6. The molecule has 0 saturated carbocycles. The van der Waals surface area contributed by atoms with E-state index < -0.39 is 18.5 Å². The van der Waals surface area contributed by atoms with Crippen LogP contribution in [0.25, 0.3) is 11.0 Å². The normalized spacial score (nSPS) is 10.8. The summed E-state index contributed by atoms with van der Waals surface area (Å²) in [6, 6.07) is 8.51. The number of furan rings is 2. The Morgan fingerprint density at radius 1 is 1.29 bits per heavy atom. The second-order valence-corrected chi connectivity index (χ2v) is 5.57. The van der Waals surface area contributed by atoms with Gasteiger partial charge in [-0.15, -0.1) is 0 Å². The average Bonchev–Trinajstić information content (AvgIpc) is 3.19. The predicted molar refractivity (Wildman–Crippen MR) is 86.8 cm³/mol. The second kappa shape index (κ2) is 6.80. The summed E-state index contributed by atoms with van der Waals surface area (Å²) in [4.78, 5) is 23.8. The van der Waals surface area contributed by atoms with Gasteiger partial charge >= 0.3 is 5.97 Å². The van der Waals surface area contributed by atoms with Crippen molar-refractivity contribution in [3.63, 3.8) is 0 Å². The molecule has 124 valence electrons. The molecule has 0 radical (unpaired) electrons. The number of benzene rings is 1. The standard InChI is InChI=1S/C17H14ClNO5/c1-10-13-7-11(18)4-5-14(13)24-16(10)17(21)23-9-15(20)19-8-12-3-2-6-22-12/h2-7H,8-9H2,1H3,(H,19,20). The molecule has 0 fully saturated rings. The monoisotopic (exact) mass is 347 g/mol. The van der Waals surface area contributed by atoms with Crippen LogP contribution in [-0.4, -0.2) is 18.5 Å². The van der Waals surface area contributed by atoms with Gasteiger partial charge in [-0.2, -0.15) is 0 Å². The molecule has 7 heteroatoms. The molecule has 0 saturated heterocycles. The van der Waals surface area contributed by atoms with Crippen LogP contribution in [-0.2, 0) is 16.1 Å². The van der Waals surface area contributed by atoms with Gasteiger partial charge in [0.25, 0.3) is 5.91 Å². The number of fused-ring (bicyclic) bond motifs is 1. The van der Waals surface area contributed by atoms with E-state index in [0.717, 1.165) is 5.39 Å². The minimum atomic E-state index is -0.701. The van der Waals surface area contributed by atoms with Gasteiger partial charge in [0.05, 0.1) is 12.8 Å². The first-order valence-electron chi connectivity index (χ1n) is 7.19. The van der Waals surface area contributed by atoms with E-state index >= 15 is 0 Å². The molecule has 0 aliphatic carbocycles. The maximum absolute atomic E-state index is 12.1. The lowest BCUT2D eigenvalue weighted by Gasteiger charge is -2.04. The van der Waals surface area contributed by atoms with Gasteiger partial charge in [0.15, 0.2) is 6.61 Å². The molecular formula is C17H14ClNO5. The largest absolute Gasteiger partial charge is 0.467 e. The summed E-state index contributed by atoms with van der Waals surface area (Å²) in [6.45, 7) is 1.55. The van der Waals surface area contributed by atoms with Gasteiger partial charge < -0.3 is 18.9 Å². The third kappa shape index (κ3) is 3.44. The maximum atomic E-state index is 12.1. The SMILES string of the molecule is Cc1c(C(=O)OCC(=O)NCc2ccco2)oc2ccc(Cl)cc12. The van der Waals surface area contributed by atoms with Crippen LogP contribution in [0.4, 0.5) is 0 Å². The molecule has 3 aromatic rings. The number of carbonyl (C=O) groups excluding carboxylic acids is 2. The van der Waals surface area contributed by atoms with Gasteiger partial charge in [-0.25, -0.2) is 4.79 Å². The lowest BCUT2D eigenvalue weighted by molar-refractivity contribution is -0.124. The van der Waals surface area contributed by atoms with Crippen molar-refractivity contribution in [2.45, 2.75) is 13.5 Å². The highest BCUT2D eigenvalue weighted by molar-refractivity contribution is 6.31. The predicted octanol–water partition coefficient (Wildman–Crippen LogP) is 3.46. The van der Waals surface area contributed by atoms with Crippen molar-refractivity contribution in [3.8, 4) is 0 Å². The van der Waals surface area contributed by atoms with E-state index in [2.05, 4.69) is 5.32 Å². The lowest BCUT2D eigenvalue weighted by atomic mass is 10.1. The first-order valence-corrected chi connectivity index (χ1v) is 7.57. The van der Waals surface area contributed by atoms with Crippen LogP contribution < -0.4 is 5.32 Å². The van der Waals surface area contributed by atoms with Gasteiger partial charge in [-0.3, -0.25) is 4.79 Å². The summed E-state index contributed by atoms with van der Waals surface area (Å²) in [6.07, 6.45) is 1.51. The Kier molecular flexibility index (Phi) is 4.57.